The second-order valence-electron chi connectivity index (χ2n) is 14.9. The van der Waals surface area contributed by atoms with Crippen molar-refractivity contribution in [2.24, 2.45) is 0 Å². The van der Waals surface area contributed by atoms with Crippen LogP contribution in [0.4, 0.5) is 17.1 Å². The third-order valence-electron chi connectivity index (χ3n) is 11.5. The number of ether oxygens (including phenoxy) is 1. The van der Waals surface area contributed by atoms with E-state index in [4.69, 9.17) is 14.7 Å². The smallest absolute Gasteiger partial charge is 0.164 e. The maximum Gasteiger partial charge on any atom is 0.164 e. The van der Waals surface area contributed by atoms with Gasteiger partial charge in [-0.2, -0.15) is 0 Å². The van der Waals surface area contributed by atoms with Crippen LogP contribution in [-0.2, 0) is 0 Å². The van der Waals surface area contributed by atoms with Gasteiger partial charge in [0.15, 0.2) is 5.82 Å². The normalized spacial score (nSPS) is 11.9. The fraction of sp³-hybridized carbons (Fsp3) is 0. The highest BCUT2D eigenvalue weighted by Crippen LogP contribution is 2.53. The lowest BCUT2D eigenvalue weighted by Gasteiger charge is -2.29. The first-order valence-corrected chi connectivity index (χ1v) is 20.6. The maximum atomic E-state index is 7.03. The molecule has 2 aromatic heterocycles. The Morgan fingerprint density at radius 1 is 0.458 bits per heavy atom. The topological polar surface area (TPSA) is 38.2 Å². The molecule has 11 aromatic rings. The van der Waals surface area contributed by atoms with Crippen molar-refractivity contribution in [2.75, 3.05) is 4.90 Å². The summed E-state index contributed by atoms with van der Waals surface area (Å²) in [6.45, 7) is 0. The Labute approximate surface area is 344 Å². The van der Waals surface area contributed by atoms with Crippen molar-refractivity contribution in [2.45, 2.75) is 0 Å². The number of rotatable bonds is 6. The molecule has 0 unspecified atom stereocenters. The van der Waals surface area contributed by atoms with Gasteiger partial charge < -0.3 is 9.64 Å². The number of fused-ring (bicyclic) bond motifs is 6. The molecule has 3 heterocycles. The quantitative estimate of drug-likeness (QED) is 0.169. The Morgan fingerprint density at radius 2 is 1.12 bits per heavy atom. The Morgan fingerprint density at radius 3 is 1.98 bits per heavy atom. The minimum atomic E-state index is 0.641. The zero-order valence-corrected chi connectivity index (χ0v) is 32.5. The summed E-state index contributed by atoms with van der Waals surface area (Å²) in [5.41, 5.74) is 11.5. The predicted molar refractivity (Wildman–Crippen MR) is 246 cm³/mol. The Kier molecular flexibility index (Phi) is 7.68. The molecule has 59 heavy (non-hydrogen) atoms. The molecule has 276 valence electrons. The van der Waals surface area contributed by atoms with Crippen molar-refractivity contribution in [3.63, 3.8) is 0 Å². The molecule has 9 aromatic carbocycles. The SMILES string of the molecule is c1ccc(-c2ccc(N(c3ccccc3)c3ccc4c5c(cccc35)-c3cccc(-c5nc(-c6ccc7ccccc7c6)c6sc7ccccc7c6n5)c3O4)cc2)cc1. The molecule has 4 nitrogen and oxygen atoms in total. The first kappa shape index (κ1) is 33.5. The van der Waals surface area contributed by atoms with Gasteiger partial charge in [-0.05, 0) is 82.1 Å². The number of thiophene rings is 1. The largest absolute Gasteiger partial charge is 0.455 e. The average Bonchev–Trinajstić information content (AvgIpc) is 3.69. The van der Waals surface area contributed by atoms with E-state index >= 15 is 0 Å². The van der Waals surface area contributed by atoms with Crippen molar-refractivity contribution in [1.29, 1.82) is 0 Å². The van der Waals surface area contributed by atoms with Gasteiger partial charge in [-0.1, -0.05) is 146 Å². The highest BCUT2D eigenvalue weighted by molar-refractivity contribution is 7.26. The number of hydrogen-bond acceptors (Lipinski definition) is 5. The number of anilines is 3. The zero-order chi connectivity index (χ0) is 38.9. The van der Waals surface area contributed by atoms with E-state index in [1.54, 1.807) is 11.3 Å². The highest BCUT2D eigenvalue weighted by atomic mass is 32.1. The van der Waals surface area contributed by atoms with E-state index in [-0.39, 0.29) is 0 Å². The van der Waals surface area contributed by atoms with E-state index in [0.29, 0.717) is 5.82 Å². The van der Waals surface area contributed by atoms with E-state index in [1.807, 2.05) is 0 Å². The molecule has 0 spiro atoms. The highest BCUT2D eigenvalue weighted by Gasteiger charge is 2.28. The number of benzene rings is 9. The van der Waals surface area contributed by atoms with Gasteiger partial charge in [0, 0.05) is 43.4 Å². The summed E-state index contributed by atoms with van der Waals surface area (Å²) < 4.78 is 9.30. The molecule has 0 bridgehead atoms. The average molecular weight is 772 g/mol. The molecule has 12 rings (SSSR count). The van der Waals surface area contributed by atoms with Crippen molar-refractivity contribution in [3.05, 3.63) is 200 Å². The summed E-state index contributed by atoms with van der Waals surface area (Å²) in [5.74, 6) is 2.21. The maximum absolute atomic E-state index is 7.03. The minimum absolute atomic E-state index is 0.641. The first-order valence-electron chi connectivity index (χ1n) is 19.8. The van der Waals surface area contributed by atoms with Crippen molar-refractivity contribution < 1.29 is 4.74 Å². The molecule has 0 fully saturated rings. The second kappa shape index (κ2) is 13.5. The number of aromatic nitrogens is 2. The van der Waals surface area contributed by atoms with Gasteiger partial charge in [0.25, 0.3) is 0 Å². The monoisotopic (exact) mass is 771 g/mol. The van der Waals surface area contributed by atoms with E-state index in [0.717, 1.165) is 82.9 Å². The molecule has 0 saturated carbocycles. The third-order valence-corrected chi connectivity index (χ3v) is 12.6. The number of hydrogen-bond donors (Lipinski definition) is 0. The fourth-order valence-corrected chi connectivity index (χ4v) is 9.84. The predicted octanol–water partition coefficient (Wildman–Crippen LogP) is 15.4. The van der Waals surface area contributed by atoms with Crippen LogP contribution in [0.2, 0.25) is 0 Å². The molecule has 1 aliphatic rings. The second-order valence-corrected chi connectivity index (χ2v) is 16.0. The van der Waals surface area contributed by atoms with Crippen LogP contribution in [0.3, 0.4) is 0 Å². The van der Waals surface area contributed by atoms with Crippen LogP contribution in [0.15, 0.2) is 200 Å². The lowest BCUT2D eigenvalue weighted by molar-refractivity contribution is 0.488. The number of nitrogens with zero attached hydrogens (tertiary/aromatic N) is 3. The molecule has 0 atom stereocenters. The lowest BCUT2D eigenvalue weighted by atomic mass is 9.92. The summed E-state index contributed by atoms with van der Waals surface area (Å²) >= 11 is 1.75. The molecular weight excluding hydrogens is 739 g/mol. The molecule has 1 aliphatic heterocycles. The molecular formula is C54H33N3OS. The summed E-state index contributed by atoms with van der Waals surface area (Å²) in [6, 6.07) is 70.8. The number of para-hydroxylation sites is 2. The van der Waals surface area contributed by atoms with Crippen molar-refractivity contribution in [3.8, 4) is 56.4 Å². The Balaban J connectivity index is 1.02. The Hall–Kier alpha value is -7.60. The van der Waals surface area contributed by atoms with E-state index in [9.17, 15) is 0 Å². The fourth-order valence-electron chi connectivity index (χ4n) is 8.69. The zero-order valence-electron chi connectivity index (χ0n) is 31.7. The minimum Gasteiger partial charge on any atom is -0.455 e. The third kappa shape index (κ3) is 5.51. The van der Waals surface area contributed by atoms with Crippen LogP contribution in [0.5, 0.6) is 11.5 Å². The van der Waals surface area contributed by atoms with Gasteiger partial charge in [0.1, 0.15) is 11.5 Å². The molecule has 0 N–H and O–H groups in total. The molecule has 5 heteroatoms. The summed E-state index contributed by atoms with van der Waals surface area (Å²) in [4.78, 5) is 13.1. The molecule has 0 radical (unpaired) electrons. The lowest BCUT2D eigenvalue weighted by Crippen LogP contribution is -2.11. The van der Waals surface area contributed by atoms with Gasteiger partial charge in [-0.25, -0.2) is 9.97 Å². The van der Waals surface area contributed by atoms with Gasteiger partial charge in [-0.3, -0.25) is 0 Å². The molecule has 0 aliphatic carbocycles. The van der Waals surface area contributed by atoms with E-state index < -0.39 is 0 Å². The standard InChI is InChI=1S/C54H33N3OS/c1-3-13-34(14-4-1)36-27-29-40(30-28-36)57(39-17-5-2-6-18-39)46-31-32-47-49-41(20-11-22-43(46)49)42-21-12-23-45(52(42)58-47)54-55-50(38-26-25-35-15-7-8-16-37(35)33-38)53-51(56-54)44-19-9-10-24-48(44)59-53/h1-33H. The molecule has 0 amide bonds. The van der Waals surface area contributed by atoms with Gasteiger partial charge in [0.05, 0.1) is 27.2 Å². The van der Waals surface area contributed by atoms with Crippen LogP contribution in [0.25, 0.3) is 86.7 Å². The van der Waals surface area contributed by atoms with Crippen LogP contribution >= 0.6 is 11.3 Å². The van der Waals surface area contributed by atoms with Crippen molar-refractivity contribution >= 4 is 70.2 Å². The van der Waals surface area contributed by atoms with Gasteiger partial charge in [-0.15, -0.1) is 11.3 Å². The molecule has 0 saturated heterocycles. The van der Waals surface area contributed by atoms with Gasteiger partial charge in [0.2, 0.25) is 0 Å². The summed E-state index contributed by atoms with van der Waals surface area (Å²) in [5, 5.41) is 5.69. The van der Waals surface area contributed by atoms with Crippen LogP contribution < -0.4 is 9.64 Å². The van der Waals surface area contributed by atoms with Crippen molar-refractivity contribution in [1.82, 2.24) is 9.97 Å². The summed E-state index contributed by atoms with van der Waals surface area (Å²) in [6.07, 6.45) is 0. The Bertz CT molecular complexity index is 3410. The van der Waals surface area contributed by atoms with Crippen LogP contribution in [-0.4, -0.2) is 9.97 Å². The van der Waals surface area contributed by atoms with Gasteiger partial charge >= 0.3 is 0 Å². The van der Waals surface area contributed by atoms with E-state index in [2.05, 4.69) is 205 Å². The summed E-state index contributed by atoms with van der Waals surface area (Å²) in [7, 11) is 0. The van der Waals surface area contributed by atoms with E-state index in [1.165, 1.54) is 26.6 Å². The first-order chi connectivity index (χ1) is 29.2. The van der Waals surface area contributed by atoms with Crippen LogP contribution in [0.1, 0.15) is 0 Å². The van der Waals surface area contributed by atoms with Crippen LogP contribution in [0, 0.1) is 0 Å².